The Morgan fingerprint density at radius 3 is 2.73 bits per heavy atom. The van der Waals surface area contributed by atoms with Crippen molar-refractivity contribution < 1.29 is 9.53 Å². The van der Waals surface area contributed by atoms with Crippen LogP contribution in [0.3, 0.4) is 0 Å². The van der Waals surface area contributed by atoms with E-state index in [0.29, 0.717) is 23.4 Å². The fourth-order valence-electron chi connectivity index (χ4n) is 4.09. The number of amides is 1. The van der Waals surface area contributed by atoms with Gasteiger partial charge < -0.3 is 9.64 Å². The second-order valence-corrected chi connectivity index (χ2v) is 6.86. The van der Waals surface area contributed by atoms with Crippen molar-refractivity contribution >= 4 is 5.91 Å². The number of nitrogens with zero attached hydrogens (tertiary/aromatic N) is 3. The highest BCUT2D eigenvalue weighted by molar-refractivity contribution is 6.00. The van der Waals surface area contributed by atoms with Gasteiger partial charge in [0.05, 0.1) is 24.3 Å². The number of piperazine rings is 1. The van der Waals surface area contributed by atoms with Gasteiger partial charge in [-0.05, 0) is 24.1 Å². The average molecular weight is 347 g/mol. The highest BCUT2D eigenvalue weighted by Crippen LogP contribution is 2.34. The molecule has 0 bridgehead atoms. The van der Waals surface area contributed by atoms with Crippen LogP contribution in [0.15, 0.2) is 42.5 Å². The van der Waals surface area contributed by atoms with E-state index in [1.54, 1.807) is 19.2 Å². The van der Waals surface area contributed by atoms with Crippen molar-refractivity contribution in [1.82, 2.24) is 9.80 Å². The molecule has 1 amide bonds. The Kier molecular flexibility index (Phi) is 4.36. The summed E-state index contributed by atoms with van der Waals surface area (Å²) in [5.41, 5.74) is 3.13. The number of carbonyl (C=O) groups excluding carboxylic acids is 1. The molecule has 132 valence electrons. The highest BCUT2D eigenvalue weighted by atomic mass is 16.5. The summed E-state index contributed by atoms with van der Waals surface area (Å²) in [6.07, 6.45) is 0.727. The summed E-state index contributed by atoms with van der Waals surface area (Å²) in [7, 11) is 1.61. The van der Waals surface area contributed by atoms with Gasteiger partial charge in [0.25, 0.3) is 5.91 Å². The van der Waals surface area contributed by atoms with Crippen molar-refractivity contribution in [2.45, 2.75) is 19.0 Å². The third kappa shape index (κ3) is 2.83. The van der Waals surface area contributed by atoms with Crippen LogP contribution in [0, 0.1) is 11.3 Å². The first-order valence-electron chi connectivity index (χ1n) is 8.88. The summed E-state index contributed by atoms with van der Waals surface area (Å²) in [4.78, 5) is 17.4. The number of fused-ring (bicyclic) bond motifs is 2. The van der Waals surface area contributed by atoms with Crippen LogP contribution in [-0.4, -0.2) is 48.5 Å². The number of nitriles is 1. The van der Waals surface area contributed by atoms with E-state index in [1.807, 2.05) is 11.0 Å². The van der Waals surface area contributed by atoms with Gasteiger partial charge in [-0.25, -0.2) is 0 Å². The standard InChI is InChI=1S/C21H21N3O2/c1-26-19-8-7-16(12-22)20-18(19)11-17-14-23(9-10-24(17)21(20)25)13-15-5-3-2-4-6-15/h2-8,17H,9-11,13-14H2,1H3. The van der Waals surface area contributed by atoms with E-state index in [4.69, 9.17) is 4.74 Å². The lowest BCUT2D eigenvalue weighted by Gasteiger charge is -2.44. The Morgan fingerprint density at radius 2 is 2.00 bits per heavy atom. The number of hydrogen-bond acceptors (Lipinski definition) is 4. The van der Waals surface area contributed by atoms with Crippen LogP contribution in [0.5, 0.6) is 5.75 Å². The van der Waals surface area contributed by atoms with Gasteiger partial charge in [0.15, 0.2) is 0 Å². The van der Waals surface area contributed by atoms with E-state index in [-0.39, 0.29) is 11.9 Å². The lowest BCUT2D eigenvalue weighted by Crippen LogP contribution is -2.57. The summed E-state index contributed by atoms with van der Waals surface area (Å²) in [5, 5.41) is 9.41. The van der Waals surface area contributed by atoms with E-state index in [1.165, 1.54) is 5.56 Å². The van der Waals surface area contributed by atoms with Crippen molar-refractivity contribution in [3.05, 3.63) is 64.7 Å². The fourth-order valence-corrected chi connectivity index (χ4v) is 4.09. The molecule has 1 unspecified atom stereocenters. The number of benzene rings is 2. The molecule has 4 rings (SSSR count). The van der Waals surface area contributed by atoms with Gasteiger partial charge in [-0.3, -0.25) is 9.69 Å². The Bertz CT molecular complexity index is 873. The molecule has 1 saturated heterocycles. The molecule has 5 heteroatoms. The Balaban J connectivity index is 1.61. The molecule has 0 radical (unpaired) electrons. The molecule has 2 heterocycles. The first kappa shape index (κ1) is 16.6. The monoisotopic (exact) mass is 347 g/mol. The van der Waals surface area contributed by atoms with E-state index < -0.39 is 0 Å². The molecule has 2 aromatic carbocycles. The zero-order valence-corrected chi connectivity index (χ0v) is 14.8. The van der Waals surface area contributed by atoms with Crippen LogP contribution in [0.2, 0.25) is 0 Å². The average Bonchev–Trinajstić information content (AvgIpc) is 2.68. The molecule has 5 nitrogen and oxygen atoms in total. The summed E-state index contributed by atoms with van der Waals surface area (Å²) < 4.78 is 5.47. The van der Waals surface area contributed by atoms with Gasteiger partial charge in [0.2, 0.25) is 0 Å². The number of hydrogen-bond donors (Lipinski definition) is 0. The molecular formula is C21H21N3O2. The van der Waals surface area contributed by atoms with Crippen molar-refractivity contribution in [2.75, 3.05) is 26.7 Å². The Hall–Kier alpha value is -2.84. The summed E-state index contributed by atoms with van der Waals surface area (Å²) in [6, 6.07) is 16.2. The second-order valence-electron chi connectivity index (χ2n) is 6.86. The lowest BCUT2D eigenvalue weighted by molar-refractivity contribution is 0.0398. The molecule has 0 N–H and O–H groups in total. The maximum atomic E-state index is 13.1. The molecule has 26 heavy (non-hydrogen) atoms. The predicted octanol–water partition coefficient (Wildman–Crippen LogP) is 2.45. The maximum absolute atomic E-state index is 13.1. The Morgan fingerprint density at radius 1 is 1.19 bits per heavy atom. The quantitative estimate of drug-likeness (QED) is 0.856. The third-order valence-corrected chi connectivity index (χ3v) is 5.34. The van der Waals surface area contributed by atoms with E-state index >= 15 is 0 Å². The Labute approximate surface area is 153 Å². The van der Waals surface area contributed by atoms with Crippen molar-refractivity contribution in [1.29, 1.82) is 5.26 Å². The molecular weight excluding hydrogens is 326 g/mol. The molecule has 0 aliphatic carbocycles. The van der Waals surface area contributed by atoms with Gasteiger partial charge in [-0.2, -0.15) is 5.26 Å². The van der Waals surface area contributed by atoms with Crippen LogP contribution < -0.4 is 4.74 Å². The molecule has 1 fully saturated rings. The SMILES string of the molecule is COc1ccc(C#N)c2c1CC1CN(Cc3ccccc3)CCN1C2=O. The van der Waals surface area contributed by atoms with Crippen LogP contribution in [0.1, 0.15) is 27.0 Å². The normalized spacial score (nSPS) is 19.5. The van der Waals surface area contributed by atoms with Gasteiger partial charge in [0.1, 0.15) is 5.75 Å². The van der Waals surface area contributed by atoms with E-state index in [2.05, 4.69) is 35.2 Å². The zero-order chi connectivity index (χ0) is 18.1. The number of rotatable bonds is 3. The minimum atomic E-state index is -0.0361. The molecule has 0 saturated carbocycles. The topological polar surface area (TPSA) is 56.6 Å². The number of methoxy groups -OCH3 is 1. The molecule has 2 aromatic rings. The van der Waals surface area contributed by atoms with Gasteiger partial charge in [-0.1, -0.05) is 30.3 Å². The first-order valence-corrected chi connectivity index (χ1v) is 8.88. The molecule has 2 aliphatic rings. The van der Waals surface area contributed by atoms with Crippen LogP contribution >= 0.6 is 0 Å². The predicted molar refractivity (Wildman–Crippen MR) is 98.0 cm³/mol. The summed E-state index contributed by atoms with van der Waals surface area (Å²) >= 11 is 0. The largest absolute Gasteiger partial charge is 0.496 e. The fraction of sp³-hybridized carbons (Fsp3) is 0.333. The minimum Gasteiger partial charge on any atom is -0.496 e. The van der Waals surface area contributed by atoms with Crippen LogP contribution in [0.4, 0.5) is 0 Å². The molecule has 0 spiro atoms. The zero-order valence-electron chi connectivity index (χ0n) is 14.8. The number of carbonyl (C=O) groups is 1. The maximum Gasteiger partial charge on any atom is 0.255 e. The van der Waals surface area contributed by atoms with Crippen molar-refractivity contribution in [3.63, 3.8) is 0 Å². The van der Waals surface area contributed by atoms with Crippen LogP contribution in [-0.2, 0) is 13.0 Å². The van der Waals surface area contributed by atoms with Crippen molar-refractivity contribution in [3.8, 4) is 11.8 Å². The van der Waals surface area contributed by atoms with Gasteiger partial charge >= 0.3 is 0 Å². The van der Waals surface area contributed by atoms with Gasteiger partial charge in [-0.15, -0.1) is 0 Å². The molecule has 1 atom stereocenters. The van der Waals surface area contributed by atoms with E-state index in [9.17, 15) is 10.1 Å². The first-order chi connectivity index (χ1) is 12.7. The minimum absolute atomic E-state index is 0.0361. The van der Waals surface area contributed by atoms with Crippen LogP contribution in [0.25, 0.3) is 0 Å². The summed E-state index contributed by atoms with van der Waals surface area (Å²) in [6.45, 7) is 3.26. The molecule has 2 aliphatic heterocycles. The highest BCUT2D eigenvalue weighted by Gasteiger charge is 2.38. The second kappa shape index (κ2) is 6.81. The summed E-state index contributed by atoms with van der Waals surface area (Å²) in [5.74, 6) is 0.665. The third-order valence-electron chi connectivity index (χ3n) is 5.34. The van der Waals surface area contributed by atoms with Crippen molar-refractivity contribution in [2.24, 2.45) is 0 Å². The van der Waals surface area contributed by atoms with E-state index in [0.717, 1.165) is 31.6 Å². The van der Waals surface area contributed by atoms with Gasteiger partial charge in [0, 0.05) is 37.8 Å². The number of ether oxygens (including phenoxy) is 1. The smallest absolute Gasteiger partial charge is 0.255 e. The molecule has 0 aromatic heterocycles. The lowest BCUT2D eigenvalue weighted by atomic mass is 9.88.